The van der Waals surface area contributed by atoms with E-state index in [1.54, 1.807) is 55.4 Å². The smallest absolute Gasteiger partial charge is 0.309 e. The summed E-state index contributed by atoms with van der Waals surface area (Å²) in [6.07, 6.45) is 2.08. The summed E-state index contributed by atoms with van der Waals surface area (Å²) in [7, 11) is 0. The average Bonchev–Trinajstić information content (AvgIpc) is 2.66. The molecule has 0 saturated heterocycles. The van der Waals surface area contributed by atoms with Gasteiger partial charge in [-0.3, -0.25) is 19.2 Å². The van der Waals surface area contributed by atoms with Crippen LogP contribution in [0.2, 0.25) is 0 Å². The Labute approximate surface area is 250 Å². The molecule has 232 valence electrons. The Morgan fingerprint density at radius 2 is 0.718 bits per heavy atom. The first-order chi connectivity index (χ1) is 16.7. The maximum atomic E-state index is 11.0. The van der Waals surface area contributed by atoms with Crippen molar-refractivity contribution in [1.29, 1.82) is 0 Å². The van der Waals surface area contributed by atoms with E-state index in [-0.39, 0.29) is 46.8 Å². The van der Waals surface area contributed by atoms with Crippen LogP contribution < -0.4 is 0 Å². The molecule has 0 unspecified atom stereocenters. The summed E-state index contributed by atoms with van der Waals surface area (Å²) in [5, 5.41) is 51.3. The topological polar surface area (TPSA) is 190 Å². The minimum atomic E-state index is -0.845. The first kappa shape index (κ1) is 47.3. The van der Waals surface area contributed by atoms with Crippen molar-refractivity contribution in [2.24, 2.45) is 21.7 Å². The number of rotatable bonds is 12. The van der Waals surface area contributed by atoms with E-state index in [1.165, 1.54) is 0 Å². The summed E-state index contributed by atoms with van der Waals surface area (Å²) in [6, 6.07) is 0. The summed E-state index contributed by atoms with van der Waals surface area (Å²) in [5.74, 6) is -3.36. The average molecular weight is 601 g/mol. The monoisotopic (exact) mass is 600 g/mol. The predicted molar refractivity (Wildman–Crippen MR) is 148 cm³/mol. The summed E-state index contributed by atoms with van der Waals surface area (Å²) >= 11 is 0. The molecule has 0 aromatic heterocycles. The third-order valence-electron chi connectivity index (χ3n) is 6.84. The summed E-state index contributed by atoms with van der Waals surface area (Å²) in [5.41, 5.74) is -2.50. The number of aliphatic carboxylic acids is 4. The number of hydrogen-bond acceptors (Lipinski definition) is 6. The van der Waals surface area contributed by atoms with E-state index in [2.05, 4.69) is 0 Å². The Kier molecular flexibility index (Phi) is 25.8. The van der Waals surface area contributed by atoms with Crippen LogP contribution in [0.1, 0.15) is 122 Å². The molecule has 39 heavy (non-hydrogen) atoms. The number of aliphatic hydroxyl groups is 2. The molecule has 0 aliphatic carbocycles. The van der Waals surface area contributed by atoms with Crippen LogP contribution in [-0.4, -0.2) is 66.7 Å². The first-order valence-electron chi connectivity index (χ1n) is 13.0. The molecule has 6 N–H and O–H groups in total. The quantitative estimate of drug-likeness (QED) is 0.155. The third kappa shape index (κ3) is 24.1. The zero-order valence-corrected chi connectivity index (χ0v) is 27.8. The molecular formula is C28H56O10Ti. The second kappa shape index (κ2) is 21.3. The molecule has 0 bridgehead atoms. The van der Waals surface area contributed by atoms with Gasteiger partial charge in [-0.2, -0.15) is 0 Å². The normalized spacial score (nSPS) is 11.5. The SMILES string of the molecule is CC(C)(CCCC(=O)O)C(C)(C)C(=O)O.CC(C)(CCCC(=O)O)C(C)(C)C(=O)O.CC(C)O.CC(C)O.[Ti]. The van der Waals surface area contributed by atoms with Gasteiger partial charge in [0, 0.05) is 46.8 Å². The van der Waals surface area contributed by atoms with Crippen LogP contribution in [0.25, 0.3) is 0 Å². The molecule has 0 spiro atoms. The van der Waals surface area contributed by atoms with Gasteiger partial charge in [0.15, 0.2) is 0 Å². The van der Waals surface area contributed by atoms with Crippen molar-refractivity contribution in [1.82, 2.24) is 0 Å². The number of carboxylic acids is 4. The van der Waals surface area contributed by atoms with Gasteiger partial charge in [-0.1, -0.05) is 27.7 Å². The zero-order valence-electron chi connectivity index (χ0n) is 26.2. The summed E-state index contributed by atoms with van der Waals surface area (Å²) in [4.78, 5) is 42.8. The van der Waals surface area contributed by atoms with Gasteiger partial charge in [0.2, 0.25) is 0 Å². The number of aliphatic hydroxyl groups excluding tert-OH is 2. The molecule has 0 amide bonds. The molecule has 0 radical (unpaired) electrons. The third-order valence-corrected chi connectivity index (χ3v) is 6.84. The molecule has 0 rings (SSSR count). The number of carboxylic acid groups (broad SMARTS) is 4. The second-order valence-electron chi connectivity index (χ2n) is 12.3. The fraction of sp³-hybridized carbons (Fsp3) is 0.857. The number of carbonyl (C=O) groups is 4. The van der Waals surface area contributed by atoms with E-state index in [1.807, 2.05) is 27.7 Å². The molecule has 0 aromatic rings. The van der Waals surface area contributed by atoms with E-state index >= 15 is 0 Å². The van der Waals surface area contributed by atoms with Gasteiger partial charge in [0.1, 0.15) is 0 Å². The van der Waals surface area contributed by atoms with Gasteiger partial charge in [-0.15, -0.1) is 0 Å². The van der Waals surface area contributed by atoms with Gasteiger partial charge in [-0.25, -0.2) is 0 Å². The van der Waals surface area contributed by atoms with Crippen molar-refractivity contribution in [3.63, 3.8) is 0 Å². The zero-order chi connectivity index (χ0) is 31.7. The number of hydrogen-bond donors (Lipinski definition) is 6. The van der Waals surface area contributed by atoms with Crippen LogP contribution in [0, 0.1) is 21.7 Å². The molecule has 0 fully saturated rings. The fourth-order valence-corrected chi connectivity index (χ4v) is 2.57. The van der Waals surface area contributed by atoms with Crippen LogP contribution in [0.4, 0.5) is 0 Å². The van der Waals surface area contributed by atoms with Crippen molar-refractivity contribution < 1.29 is 71.5 Å². The largest absolute Gasteiger partial charge is 0.481 e. The van der Waals surface area contributed by atoms with Crippen molar-refractivity contribution in [2.45, 2.75) is 134 Å². The van der Waals surface area contributed by atoms with Crippen molar-refractivity contribution in [3.8, 4) is 0 Å². The summed E-state index contributed by atoms with van der Waals surface area (Å²) < 4.78 is 0. The Morgan fingerprint density at radius 1 is 0.538 bits per heavy atom. The molecule has 0 atom stereocenters. The van der Waals surface area contributed by atoms with Gasteiger partial charge >= 0.3 is 23.9 Å². The van der Waals surface area contributed by atoms with Crippen LogP contribution in [0.15, 0.2) is 0 Å². The Bertz CT molecular complexity index is 646. The van der Waals surface area contributed by atoms with E-state index in [0.717, 1.165) is 0 Å². The van der Waals surface area contributed by atoms with Crippen molar-refractivity contribution >= 4 is 23.9 Å². The van der Waals surface area contributed by atoms with E-state index in [0.29, 0.717) is 25.7 Å². The minimum absolute atomic E-state index is 0. The molecule has 10 nitrogen and oxygen atoms in total. The van der Waals surface area contributed by atoms with E-state index in [4.69, 9.17) is 30.6 Å². The van der Waals surface area contributed by atoms with Crippen LogP contribution in [-0.2, 0) is 40.9 Å². The molecule has 11 heteroatoms. The van der Waals surface area contributed by atoms with E-state index < -0.39 is 45.5 Å². The fourth-order valence-electron chi connectivity index (χ4n) is 2.57. The Morgan fingerprint density at radius 3 is 0.846 bits per heavy atom. The van der Waals surface area contributed by atoms with Crippen molar-refractivity contribution in [2.75, 3.05) is 0 Å². The molecular weight excluding hydrogens is 544 g/mol. The Hall–Kier alpha value is -1.49. The standard InChI is InChI=1S/2C11H20O4.2C3H8O.Ti/c2*1-10(2,7-5-6-8(12)13)11(3,4)9(14)15;2*1-3(2)4;/h2*5-7H2,1-4H3,(H,12,13)(H,14,15);2*3-4H,1-2H3;. The van der Waals surface area contributed by atoms with Crippen LogP contribution >= 0.6 is 0 Å². The van der Waals surface area contributed by atoms with Crippen LogP contribution in [0.3, 0.4) is 0 Å². The maximum Gasteiger partial charge on any atom is 0.309 e. The molecule has 0 saturated carbocycles. The van der Waals surface area contributed by atoms with Crippen molar-refractivity contribution in [3.05, 3.63) is 0 Å². The van der Waals surface area contributed by atoms with Crippen LogP contribution in [0.5, 0.6) is 0 Å². The minimum Gasteiger partial charge on any atom is -0.481 e. The molecule has 0 aliphatic heterocycles. The van der Waals surface area contributed by atoms with Gasteiger partial charge in [0.25, 0.3) is 0 Å². The van der Waals surface area contributed by atoms with Gasteiger partial charge in [0.05, 0.1) is 10.8 Å². The maximum absolute atomic E-state index is 11.0. The summed E-state index contributed by atoms with van der Waals surface area (Å²) in [6.45, 7) is 21.1. The van der Waals surface area contributed by atoms with E-state index in [9.17, 15) is 19.2 Å². The molecule has 0 aromatic carbocycles. The predicted octanol–water partition coefficient (Wildman–Crippen LogP) is 5.53. The Balaban J connectivity index is -0.000000152. The first-order valence-corrected chi connectivity index (χ1v) is 13.0. The molecule has 0 aliphatic rings. The molecule has 0 heterocycles. The van der Waals surface area contributed by atoms with Gasteiger partial charge in [-0.05, 0) is 91.9 Å². The van der Waals surface area contributed by atoms with Gasteiger partial charge < -0.3 is 30.6 Å². The second-order valence-corrected chi connectivity index (χ2v) is 12.3.